The van der Waals surface area contributed by atoms with E-state index in [1.165, 1.54) is 0 Å². The Morgan fingerprint density at radius 3 is 2.00 bits per heavy atom. The molecular formula is C22H26F6N2O2. The van der Waals surface area contributed by atoms with Crippen LogP contribution >= 0.6 is 0 Å². The molecule has 0 atom stereocenters. The minimum atomic E-state index is -5.07. The number of rotatable bonds is 9. The highest BCUT2D eigenvalue weighted by Crippen LogP contribution is 2.46. The first-order valence-electron chi connectivity index (χ1n) is 10.4. The number of alkyl halides is 6. The summed E-state index contributed by atoms with van der Waals surface area (Å²) in [5.41, 5.74) is -3.16. The summed E-state index contributed by atoms with van der Waals surface area (Å²) in [6.07, 6.45) is -6.81. The number of hydrogen-bond donors (Lipinski definition) is 0. The van der Waals surface area contributed by atoms with E-state index >= 15 is 0 Å². The molecule has 4 nitrogen and oxygen atoms in total. The molecule has 0 amide bonds. The van der Waals surface area contributed by atoms with Crippen LogP contribution < -0.4 is 9.47 Å². The van der Waals surface area contributed by atoms with Gasteiger partial charge in [0.1, 0.15) is 11.4 Å². The van der Waals surface area contributed by atoms with Gasteiger partial charge in [-0.2, -0.15) is 26.3 Å². The lowest BCUT2D eigenvalue weighted by molar-refractivity contribution is -0.142. The molecule has 0 N–H and O–H groups in total. The molecule has 2 aromatic rings. The van der Waals surface area contributed by atoms with Crippen molar-refractivity contribution in [2.24, 2.45) is 0 Å². The molecule has 0 saturated heterocycles. The van der Waals surface area contributed by atoms with Crippen LogP contribution in [-0.4, -0.2) is 23.7 Å². The summed E-state index contributed by atoms with van der Waals surface area (Å²) in [5, 5.41) is 0. The Morgan fingerprint density at radius 2 is 1.50 bits per heavy atom. The molecule has 1 aromatic carbocycles. The second-order valence-corrected chi connectivity index (χ2v) is 7.13. The Balaban J connectivity index is 2.75. The summed E-state index contributed by atoms with van der Waals surface area (Å²) in [5.74, 6) is -0.349. The maximum absolute atomic E-state index is 13.9. The Bertz CT molecular complexity index is 926. The highest BCUT2D eigenvalue weighted by Gasteiger charge is 2.41. The van der Waals surface area contributed by atoms with E-state index in [0.29, 0.717) is 24.8 Å². The summed E-state index contributed by atoms with van der Waals surface area (Å²) in [6, 6.07) is 0.631. The molecule has 0 unspecified atom stereocenters. The van der Waals surface area contributed by atoms with Crippen molar-refractivity contribution >= 4 is 0 Å². The van der Waals surface area contributed by atoms with Gasteiger partial charge in [-0.15, -0.1) is 0 Å². The molecule has 0 aliphatic carbocycles. The molecular weight excluding hydrogens is 438 g/mol. The normalized spacial score (nSPS) is 12.2. The topological polar surface area (TPSA) is 44.2 Å². The zero-order chi connectivity index (χ0) is 24.1. The quantitative estimate of drug-likeness (QED) is 0.300. The van der Waals surface area contributed by atoms with Crippen LogP contribution in [0.2, 0.25) is 0 Å². The lowest BCUT2D eigenvalue weighted by Gasteiger charge is -2.21. The van der Waals surface area contributed by atoms with Gasteiger partial charge in [0.15, 0.2) is 0 Å². The minimum Gasteiger partial charge on any atom is -0.496 e. The van der Waals surface area contributed by atoms with Crippen LogP contribution in [0.1, 0.15) is 62.5 Å². The molecule has 0 aliphatic rings. The molecule has 1 heterocycles. The van der Waals surface area contributed by atoms with Gasteiger partial charge in [-0.1, -0.05) is 33.6 Å². The molecule has 10 heteroatoms. The Hall–Kier alpha value is -2.52. The van der Waals surface area contributed by atoms with Crippen LogP contribution in [0.4, 0.5) is 26.3 Å². The number of halogens is 6. The summed E-state index contributed by atoms with van der Waals surface area (Å²) in [4.78, 5) is 8.73. The van der Waals surface area contributed by atoms with Crippen LogP contribution in [0, 0.1) is 0 Å². The van der Waals surface area contributed by atoms with E-state index in [2.05, 4.69) is 9.97 Å². The Labute approximate surface area is 183 Å². The van der Waals surface area contributed by atoms with Gasteiger partial charge in [0.05, 0.1) is 41.8 Å². The number of methoxy groups -OCH3 is 1. The van der Waals surface area contributed by atoms with Gasteiger partial charge in [-0.25, -0.2) is 9.97 Å². The zero-order valence-corrected chi connectivity index (χ0v) is 18.4. The first-order chi connectivity index (χ1) is 15.0. The third-order valence-corrected chi connectivity index (χ3v) is 4.85. The van der Waals surface area contributed by atoms with Crippen molar-refractivity contribution < 1.29 is 35.8 Å². The predicted molar refractivity (Wildman–Crippen MR) is 108 cm³/mol. The molecule has 2 rings (SSSR count). The van der Waals surface area contributed by atoms with E-state index in [-0.39, 0.29) is 29.8 Å². The fourth-order valence-electron chi connectivity index (χ4n) is 3.21. The van der Waals surface area contributed by atoms with E-state index in [0.717, 1.165) is 26.4 Å². The van der Waals surface area contributed by atoms with E-state index in [1.807, 2.05) is 6.92 Å². The number of aromatic nitrogens is 2. The molecule has 0 bridgehead atoms. The SMILES string of the molecule is CCCCCOc1nc(CC)c(-c2c(OC)cc(C(F)(F)F)cc2C(F)(F)F)nc1CC. The molecule has 0 aliphatic heterocycles. The largest absolute Gasteiger partial charge is 0.496 e. The van der Waals surface area contributed by atoms with Gasteiger partial charge in [-0.05, 0) is 31.4 Å². The molecule has 178 valence electrons. The number of benzene rings is 1. The monoisotopic (exact) mass is 464 g/mol. The maximum atomic E-state index is 13.9. The summed E-state index contributed by atoms with van der Waals surface area (Å²) < 4.78 is 91.9. The van der Waals surface area contributed by atoms with Gasteiger partial charge >= 0.3 is 12.4 Å². The fraction of sp³-hybridized carbons (Fsp3) is 0.545. The van der Waals surface area contributed by atoms with Crippen LogP contribution in [0.3, 0.4) is 0 Å². The van der Waals surface area contributed by atoms with E-state index in [9.17, 15) is 26.3 Å². The third kappa shape index (κ3) is 5.83. The van der Waals surface area contributed by atoms with Crippen molar-refractivity contribution in [1.29, 1.82) is 0 Å². The molecule has 0 saturated carbocycles. The maximum Gasteiger partial charge on any atom is 0.417 e. The van der Waals surface area contributed by atoms with E-state index < -0.39 is 34.8 Å². The van der Waals surface area contributed by atoms with Crippen molar-refractivity contribution in [2.45, 2.75) is 65.2 Å². The van der Waals surface area contributed by atoms with Crippen molar-refractivity contribution in [3.05, 3.63) is 34.6 Å². The lowest BCUT2D eigenvalue weighted by Crippen LogP contribution is -2.15. The average Bonchev–Trinajstić information content (AvgIpc) is 2.73. The number of unbranched alkanes of at least 4 members (excludes halogenated alkanes) is 2. The van der Waals surface area contributed by atoms with Gasteiger partial charge in [0.25, 0.3) is 0 Å². The summed E-state index contributed by atoms with van der Waals surface area (Å²) >= 11 is 0. The number of nitrogens with zero attached hydrogens (tertiary/aromatic N) is 2. The first-order valence-corrected chi connectivity index (χ1v) is 10.4. The molecule has 0 fully saturated rings. The van der Waals surface area contributed by atoms with Crippen LogP contribution in [0.15, 0.2) is 12.1 Å². The lowest BCUT2D eigenvalue weighted by atomic mass is 9.96. The van der Waals surface area contributed by atoms with Gasteiger partial charge < -0.3 is 9.47 Å². The van der Waals surface area contributed by atoms with Crippen LogP contribution in [0.25, 0.3) is 11.3 Å². The van der Waals surface area contributed by atoms with Crippen molar-refractivity contribution in [1.82, 2.24) is 9.97 Å². The van der Waals surface area contributed by atoms with Crippen LogP contribution in [-0.2, 0) is 25.2 Å². The third-order valence-electron chi connectivity index (χ3n) is 4.85. The smallest absolute Gasteiger partial charge is 0.417 e. The second kappa shape index (κ2) is 10.4. The van der Waals surface area contributed by atoms with Gasteiger partial charge in [0.2, 0.25) is 5.88 Å². The first kappa shape index (κ1) is 25.7. The standard InChI is InChI=1S/C22H26F6N2O2/c1-5-8-9-10-32-20-16(7-3)29-19(15(6-2)30-20)18-14(22(26,27)28)11-13(21(23,24)25)12-17(18)31-4/h11-12H,5-10H2,1-4H3. The van der Waals surface area contributed by atoms with Gasteiger partial charge in [-0.3, -0.25) is 0 Å². The summed E-state index contributed by atoms with van der Waals surface area (Å²) in [6.45, 7) is 5.84. The Morgan fingerprint density at radius 1 is 0.844 bits per heavy atom. The van der Waals surface area contributed by atoms with E-state index in [1.54, 1.807) is 13.8 Å². The number of hydrogen-bond acceptors (Lipinski definition) is 4. The molecule has 0 radical (unpaired) electrons. The van der Waals surface area contributed by atoms with Crippen LogP contribution in [0.5, 0.6) is 11.6 Å². The average molecular weight is 464 g/mol. The number of ether oxygens (including phenoxy) is 2. The molecule has 0 spiro atoms. The zero-order valence-electron chi connectivity index (χ0n) is 18.4. The van der Waals surface area contributed by atoms with E-state index in [4.69, 9.17) is 9.47 Å². The fourth-order valence-corrected chi connectivity index (χ4v) is 3.21. The second-order valence-electron chi connectivity index (χ2n) is 7.13. The van der Waals surface area contributed by atoms with Crippen molar-refractivity contribution in [2.75, 3.05) is 13.7 Å². The highest BCUT2D eigenvalue weighted by molar-refractivity contribution is 5.75. The van der Waals surface area contributed by atoms with Crippen molar-refractivity contribution in [3.8, 4) is 22.9 Å². The summed E-state index contributed by atoms with van der Waals surface area (Å²) in [7, 11) is 1.02. The molecule has 1 aromatic heterocycles. The highest BCUT2D eigenvalue weighted by atomic mass is 19.4. The van der Waals surface area contributed by atoms with Gasteiger partial charge in [0, 0.05) is 0 Å². The molecule has 32 heavy (non-hydrogen) atoms. The number of aryl methyl sites for hydroxylation is 2. The predicted octanol–water partition coefficient (Wildman–Crippen LogP) is 6.88. The van der Waals surface area contributed by atoms with Crippen molar-refractivity contribution in [3.63, 3.8) is 0 Å². The minimum absolute atomic E-state index is 0.0831. The Kier molecular flexibility index (Phi) is 8.36.